The second kappa shape index (κ2) is 8.84. The Morgan fingerprint density at radius 1 is 1.00 bits per heavy atom. The Morgan fingerprint density at radius 2 is 1.79 bits per heavy atom. The quantitative estimate of drug-likeness (QED) is 0.608. The van der Waals surface area contributed by atoms with Crippen molar-refractivity contribution in [1.29, 1.82) is 0 Å². The van der Waals surface area contributed by atoms with Gasteiger partial charge in [0.15, 0.2) is 0 Å². The first kappa shape index (κ1) is 21.4. The molecule has 2 aliphatic rings. The van der Waals surface area contributed by atoms with Gasteiger partial charge in [0.25, 0.3) is 0 Å². The van der Waals surface area contributed by atoms with Crippen molar-refractivity contribution in [3.63, 3.8) is 0 Å². The third-order valence-electron chi connectivity index (χ3n) is 6.69. The molecule has 5 rings (SSSR count). The van der Waals surface area contributed by atoms with E-state index in [1.807, 2.05) is 18.3 Å². The minimum atomic E-state index is -0.414. The molecule has 0 amide bonds. The molecule has 4 heterocycles. The number of aromatic nitrogens is 3. The zero-order chi connectivity index (χ0) is 22.9. The van der Waals surface area contributed by atoms with E-state index in [1.165, 1.54) is 11.6 Å². The van der Waals surface area contributed by atoms with Crippen molar-refractivity contribution in [2.75, 3.05) is 53.2 Å². The fourth-order valence-corrected chi connectivity index (χ4v) is 4.75. The number of nitrogens with zero attached hydrogens (tertiary/aromatic N) is 6. The van der Waals surface area contributed by atoms with Crippen LogP contribution >= 0.6 is 0 Å². The van der Waals surface area contributed by atoms with E-state index in [4.69, 9.17) is 15.7 Å². The monoisotopic (exact) mass is 447 g/mol. The summed E-state index contributed by atoms with van der Waals surface area (Å²) in [6.45, 7) is 8.69. The average Bonchev–Trinajstić information content (AvgIpc) is 3.27. The van der Waals surface area contributed by atoms with E-state index in [9.17, 15) is 4.39 Å². The molecule has 7 nitrogen and oxygen atoms in total. The predicted molar refractivity (Wildman–Crippen MR) is 131 cm³/mol. The molecular formula is C25H30FN7. The van der Waals surface area contributed by atoms with Gasteiger partial charge in [-0.2, -0.15) is 4.98 Å². The molecule has 2 fully saturated rings. The van der Waals surface area contributed by atoms with Gasteiger partial charge in [-0.25, -0.2) is 14.4 Å². The molecule has 0 aliphatic carbocycles. The highest BCUT2D eigenvalue weighted by Crippen LogP contribution is 2.30. The third-order valence-corrected chi connectivity index (χ3v) is 6.69. The molecule has 172 valence electrons. The molecular weight excluding hydrogens is 417 g/mol. The molecule has 33 heavy (non-hydrogen) atoms. The number of hydrogen-bond acceptors (Lipinski definition) is 7. The van der Waals surface area contributed by atoms with Gasteiger partial charge < -0.3 is 20.4 Å². The summed E-state index contributed by atoms with van der Waals surface area (Å²) in [6, 6.07) is 11.3. The first-order valence-corrected chi connectivity index (χ1v) is 11.6. The number of nitrogen functional groups attached to an aromatic ring is 1. The second-order valence-corrected chi connectivity index (χ2v) is 8.95. The molecule has 2 N–H and O–H groups in total. The summed E-state index contributed by atoms with van der Waals surface area (Å²) < 4.78 is 13.8. The van der Waals surface area contributed by atoms with Crippen molar-refractivity contribution in [2.24, 2.45) is 0 Å². The minimum Gasteiger partial charge on any atom is -0.396 e. The van der Waals surface area contributed by atoms with E-state index in [-0.39, 0.29) is 5.69 Å². The fraction of sp³-hybridized carbons (Fsp3) is 0.400. The first-order valence-electron chi connectivity index (χ1n) is 11.6. The lowest BCUT2D eigenvalue weighted by Crippen LogP contribution is -2.47. The van der Waals surface area contributed by atoms with Crippen LogP contribution < -0.4 is 20.4 Å². The average molecular weight is 448 g/mol. The van der Waals surface area contributed by atoms with Crippen LogP contribution in [0, 0.1) is 12.7 Å². The Balaban J connectivity index is 1.45. The molecule has 0 spiro atoms. The van der Waals surface area contributed by atoms with Crippen molar-refractivity contribution in [3.05, 3.63) is 54.0 Å². The summed E-state index contributed by atoms with van der Waals surface area (Å²) in [5.74, 6) is 2.27. The van der Waals surface area contributed by atoms with Gasteiger partial charge in [-0.05, 0) is 56.5 Å². The molecule has 1 aromatic carbocycles. The molecule has 0 radical (unpaired) electrons. The second-order valence-electron chi connectivity index (χ2n) is 8.95. The van der Waals surface area contributed by atoms with Crippen molar-refractivity contribution in [1.82, 2.24) is 15.0 Å². The van der Waals surface area contributed by atoms with Gasteiger partial charge in [-0.15, -0.1) is 0 Å². The normalized spacial score (nSPS) is 18.8. The maximum Gasteiger partial charge on any atom is 0.228 e. The fourth-order valence-electron chi connectivity index (χ4n) is 4.75. The zero-order valence-electron chi connectivity index (χ0n) is 19.2. The molecule has 8 heteroatoms. The third kappa shape index (κ3) is 4.29. The Bertz CT molecular complexity index is 1140. The van der Waals surface area contributed by atoms with Gasteiger partial charge in [-0.1, -0.05) is 6.07 Å². The standard InChI is InChI=1S/C25H30FN7/c1-17-5-3-9-28-24(17)32-13-11-31(12-14-32)23-16-22(19-7-8-20(26)21(27)15-19)29-25(30-23)33-10-4-6-18(33)2/h3,5,7-9,15-16,18H,4,6,10-14,27H2,1-2H3. The van der Waals surface area contributed by atoms with Crippen LogP contribution in [0.4, 0.5) is 27.7 Å². The lowest BCUT2D eigenvalue weighted by molar-refractivity contribution is 0.632. The van der Waals surface area contributed by atoms with Crippen LogP contribution in [0.2, 0.25) is 0 Å². The van der Waals surface area contributed by atoms with Crippen molar-refractivity contribution in [2.45, 2.75) is 32.7 Å². The molecule has 2 saturated heterocycles. The van der Waals surface area contributed by atoms with Crippen LogP contribution in [0.3, 0.4) is 0 Å². The number of anilines is 4. The lowest BCUT2D eigenvalue weighted by Gasteiger charge is -2.37. The molecule has 3 aromatic rings. The van der Waals surface area contributed by atoms with Crippen molar-refractivity contribution >= 4 is 23.3 Å². The van der Waals surface area contributed by atoms with Crippen LogP contribution in [0.1, 0.15) is 25.3 Å². The van der Waals surface area contributed by atoms with Gasteiger partial charge in [0.1, 0.15) is 17.5 Å². The molecule has 2 aromatic heterocycles. The van der Waals surface area contributed by atoms with Gasteiger partial charge in [0.2, 0.25) is 5.95 Å². The maximum atomic E-state index is 13.8. The molecule has 0 saturated carbocycles. The van der Waals surface area contributed by atoms with Gasteiger partial charge in [-0.3, -0.25) is 0 Å². The van der Waals surface area contributed by atoms with E-state index >= 15 is 0 Å². The van der Waals surface area contributed by atoms with Gasteiger partial charge in [0.05, 0.1) is 11.4 Å². The molecule has 2 aliphatic heterocycles. The predicted octanol–water partition coefficient (Wildman–Crippen LogP) is 3.88. The topological polar surface area (TPSA) is 74.4 Å². The van der Waals surface area contributed by atoms with E-state index in [1.54, 1.807) is 12.1 Å². The number of nitrogens with two attached hydrogens (primary N) is 1. The van der Waals surface area contributed by atoms with Crippen LogP contribution in [-0.2, 0) is 0 Å². The summed E-state index contributed by atoms with van der Waals surface area (Å²) in [4.78, 5) is 21.3. The van der Waals surface area contributed by atoms with Crippen molar-refractivity contribution < 1.29 is 4.39 Å². The SMILES string of the molecule is Cc1cccnc1N1CCN(c2cc(-c3ccc(F)c(N)c3)nc(N3CCCC3C)n2)CC1. The van der Waals surface area contributed by atoms with Crippen molar-refractivity contribution in [3.8, 4) is 11.3 Å². The van der Waals surface area contributed by atoms with Gasteiger partial charge >= 0.3 is 0 Å². The van der Waals surface area contributed by atoms with Gasteiger partial charge in [0, 0.05) is 56.6 Å². The summed E-state index contributed by atoms with van der Waals surface area (Å²) in [5, 5.41) is 0. The maximum absolute atomic E-state index is 13.8. The highest BCUT2D eigenvalue weighted by molar-refractivity contribution is 5.69. The number of rotatable bonds is 4. The van der Waals surface area contributed by atoms with E-state index in [0.717, 1.165) is 74.4 Å². The molecule has 1 atom stereocenters. The number of halogens is 1. The zero-order valence-corrected chi connectivity index (χ0v) is 19.2. The molecule has 0 bridgehead atoms. The smallest absolute Gasteiger partial charge is 0.228 e. The highest BCUT2D eigenvalue weighted by atomic mass is 19.1. The summed E-state index contributed by atoms with van der Waals surface area (Å²) in [5.41, 5.74) is 8.74. The number of aryl methyl sites for hydroxylation is 1. The number of benzene rings is 1. The summed E-state index contributed by atoms with van der Waals surface area (Å²) in [6.07, 6.45) is 4.12. The summed E-state index contributed by atoms with van der Waals surface area (Å²) in [7, 11) is 0. The Hall–Kier alpha value is -3.42. The van der Waals surface area contributed by atoms with Crippen LogP contribution in [0.25, 0.3) is 11.3 Å². The largest absolute Gasteiger partial charge is 0.396 e. The Labute approximate surface area is 194 Å². The minimum absolute atomic E-state index is 0.128. The van der Waals surface area contributed by atoms with E-state index in [0.29, 0.717) is 6.04 Å². The van der Waals surface area contributed by atoms with Crippen LogP contribution in [-0.4, -0.2) is 53.7 Å². The van der Waals surface area contributed by atoms with Crippen LogP contribution in [0.5, 0.6) is 0 Å². The number of hydrogen-bond donors (Lipinski definition) is 1. The van der Waals surface area contributed by atoms with E-state index in [2.05, 4.69) is 39.6 Å². The number of piperazine rings is 1. The Morgan fingerprint density at radius 3 is 2.48 bits per heavy atom. The Kier molecular flexibility index (Phi) is 5.74. The number of pyridine rings is 1. The van der Waals surface area contributed by atoms with Crippen LogP contribution in [0.15, 0.2) is 42.6 Å². The first-order chi connectivity index (χ1) is 16.0. The highest BCUT2D eigenvalue weighted by Gasteiger charge is 2.26. The molecule has 1 unspecified atom stereocenters. The van der Waals surface area contributed by atoms with E-state index < -0.39 is 5.82 Å². The lowest BCUT2D eigenvalue weighted by atomic mass is 10.1. The summed E-state index contributed by atoms with van der Waals surface area (Å²) >= 11 is 0.